The maximum absolute atomic E-state index is 6.68. The molecule has 4 fully saturated rings. The molecule has 9 atom stereocenters. The molecule has 218 valence electrons. The van der Waals surface area contributed by atoms with Crippen molar-refractivity contribution in [1.82, 2.24) is 0 Å². The van der Waals surface area contributed by atoms with Gasteiger partial charge in [-0.1, -0.05) is 52.7 Å². The van der Waals surface area contributed by atoms with Crippen molar-refractivity contribution in [3.05, 3.63) is 29.8 Å². The van der Waals surface area contributed by atoms with Crippen LogP contribution in [0, 0.1) is 51.8 Å². The molecule has 1 aromatic carbocycles. The second kappa shape index (κ2) is 10.6. The van der Waals surface area contributed by atoms with Crippen molar-refractivity contribution in [2.75, 3.05) is 11.5 Å². The van der Waals surface area contributed by atoms with Gasteiger partial charge in [0.05, 0.1) is 5.69 Å². The smallest absolute Gasteiger partial charge is 0.144 e. The van der Waals surface area contributed by atoms with E-state index in [4.69, 9.17) is 16.2 Å². The third-order valence-electron chi connectivity index (χ3n) is 13.0. The highest BCUT2D eigenvalue weighted by Gasteiger charge is 2.63. The van der Waals surface area contributed by atoms with Crippen molar-refractivity contribution in [2.24, 2.45) is 51.8 Å². The van der Waals surface area contributed by atoms with Gasteiger partial charge < -0.3 is 16.2 Å². The number of nitrogen functional groups attached to an aromatic ring is 2. The summed E-state index contributed by atoms with van der Waals surface area (Å²) in [6, 6.07) is 5.66. The molecule has 9 unspecified atom stereocenters. The maximum atomic E-state index is 6.68. The lowest BCUT2D eigenvalue weighted by atomic mass is 9.41. The lowest BCUT2D eigenvalue weighted by molar-refractivity contribution is -0.174. The second-order valence-electron chi connectivity index (χ2n) is 15.7. The molecule has 0 radical (unpaired) electrons. The molecule has 0 saturated heterocycles. The van der Waals surface area contributed by atoms with Crippen LogP contribution in [0.3, 0.4) is 0 Å². The third-order valence-corrected chi connectivity index (χ3v) is 13.0. The molecule has 0 spiro atoms. The number of unbranched alkanes of at least 4 members (excludes halogenated alkanes) is 1. The molecule has 4 aliphatic carbocycles. The molecule has 0 amide bonds. The van der Waals surface area contributed by atoms with Gasteiger partial charge in [-0.15, -0.1) is 0 Å². The standard InChI is InChI=1S/C36H58N2O/c1-23(2)10-8-9-11-24(3)27-14-15-28-26-13-17-32-34(4,5)33(39-31-22-25(37)12-16-30(31)38)19-21-36(32,7)29(26)18-20-35(27,28)6/h10,12,16,22,24,26-29,32-33H,8-9,11,13-15,17-21,37-38H2,1-7H3. The number of hydrogen-bond acceptors (Lipinski definition) is 3. The molecular formula is C36H58N2O. The van der Waals surface area contributed by atoms with Crippen LogP contribution < -0.4 is 16.2 Å². The number of allylic oxidation sites excluding steroid dienone is 2. The Bertz CT molecular complexity index is 1060. The van der Waals surface area contributed by atoms with E-state index < -0.39 is 0 Å². The zero-order valence-electron chi connectivity index (χ0n) is 26.2. The molecule has 4 N–H and O–H groups in total. The molecule has 39 heavy (non-hydrogen) atoms. The van der Waals surface area contributed by atoms with Gasteiger partial charge in [-0.05, 0) is 137 Å². The first-order valence-corrected chi connectivity index (χ1v) is 16.3. The lowest BCUT2D eigenvalue weighted by Gasteiger charge is -2.65. The van der Waals surface area contributed by atoms with Gasteiger partial charge in [-0.25, -0.2) is 0 Å². The predicted octanol–water partition coefficient (Wildman–Crippen LogP) is 9.67. The summed E-state index contributed by atoms with van der Waals surface area (Å²) in [4.78, 5) is 0. The van der Waals surface area contributed by atoms with Gasteiger partial charge in [-0.3, -0.25) is 0 Å². The van der Waals surface area contributed by atoms with Crippen molar-refractivity contribution in [1.29, 1.82) is 0 Å². The number of benzene rings is 1. The minimum absolute atomic E-state index is 0.119. The molecule has 0 aromatic heterocycles. The van der Waals surface area contributed by atoms with Gasteiger partial charge in [0.1, 0.15) is 11.9 Å². The van der Waals surface area contributed by atoms with Crippen LogP contribution in [0.2, 0.25) is 0 Å². The van der Waals surface area contributed by atoms with E-state index in [-0.39, 0.29) is 11.5 Å². The molecule has 0 aliphatic heterocycles. The zero-order valence-corrected chi connectivity index (χ0v) is 26.2. The number of rotatable bonds is 7. The molecule has 0 bridgehead atoms. The number of fused-ring (bicyclic) bond motifs is 5. The fraction of sp³-hybridized carbons (Fsp3) is 0.778. The van der Waals surface area contributed by atoms with Gasteiger partial charge in [0, 0.05) is 17.2 Å². The maximum Gasteiger partial charge on any atom is 0.144 e. The molecular weight excluding hydrogens is 476 g/mol. The Balaban J connectivity index is 1.29. The lowest BCUT2D eigenvalue weighted by Crippen LogP contribution is -2.60. The summed E-state index contributed by atoms with van der Waals surface area (Å²) in [7, 11) is 0. The largest absolute Gasteiger partial charge is 0.488 e. The molecule has 4 saturated carbocycles. The summed E-state index contributed by atoms with van der Waals surface area (Å²) in [6.07, 6.45) is 17.6. The van der Waals surface area contributed by atoms with Gasteiger partial charge in [0.25, 0.3) is 0 Å². The highest BCUT2D eigenvalue weighted by molar-refractivity contribution is 5.59. The predicted molar refractivity (Wildman–Crippen MR) is 167 cm³/mol. The minimum atomic E-state index is 0.119. The topological polar surface area (TPSA) is 61.3 Å². The Labute approximate surface area is 239 Å². The van der Waals surface area contributed by atoms with Crippen LogP contribution in [0.25, 0.3) is 0 Å². The Morgan fingerprint density at radius 1 is 0.949 bits per heavy atom. The first kappa shape index (κ1) is 28.9. The monoisotopic (exact) mass is 534 g/mol. The van der Waals surface area contributed by atoms with E-state index in [0.717, 1.165) is 47.4 Å². The Hall–Kier alpha value is -1.64. The van der Waals surface area contributed by atoms with E-state index >= 15 is 0 Å². The Kier molecular flexibility index (Phi) is 7.88. The second-order valence-corrected chi connectivity index (χ2v) is 15.7. The average molecular weight is 535 g/mol. The van der Waals surface area contributed by atoms with E-state index in [1.54, 1.807) is 0 Å². The van der Waals surface area contributed by atoms with E-state index in [1.165, 1.54) is 69.8 Å². The fourth-order valence-corrected chi connectivity index (χ4v) is 11.1. The number of hydrogen-bond donors (Lipinski definition) is 2. The number of anilines is 2. The molecule has 5 rings (SSSR count). The van der Waals surface area contributed by atoms with Crippen molar-refractivity contribution in [3.63, 3.8) is 0 Å². The average Bonchev–Trinajstić information content (AvgIpc) is 3.23. The minimum Gasteiger partial charge on any atom is -0.488 e. The van der Waals surface area contributed by atoms with Crippen molar-refractivity contribution < 1.29 is 4.74 Å². The normalized spacial score (nSPS) is 39.7. The van der Waals surface area contributed by atoms with Crippen molar-refractivity contribution in [3.8, 4) is 5.75 Å². The Morgan fingerprint density at radius 2 is 1.67 bits per heavy atom. The molecule has 4 aliphatic rings. The van der Waals surface area contributed by atoms with Gasteiger partial charge in [0.15, 0.2) is 0 Å². The van der Waals surface area contributed by atoms with Gasteiger partial charge in [0.2, 0.25) is 0 Å². The third kappa shape index (κ3) is 5.03. The molecule has 0 heterocycles. The van der Waals surface area contributed by atoms with E-state index in [0.29, 0.717) is 22.4 Å². The van der Waals surface area contributed by atoms with Crippen LogP contribution in [0.5, 0.6) is 5.75 Å². The highest BCUT2D eigenvalue weighted by atomic mass is 16.5. The number of ether oxygens (including phenoxy) is 1. The Morgan fingerprint density at radius 3 is 2.41 bits per heavy atom. The van der Waals surface area contributed by atoms with E-state index in [2.05, 4.69) is 54.5 Å². The van der Waals surface area contributed by atoms with Crippen LogP contribution in [-0.2, 0) is 0 Å². The van der Waals surface area contributed by atoms with E-state index in [1.807, 2.05) is 18.2 Å². The highest BCUT2D eigenvalue weighted by Crippen LogP contribution is 2.70. The molecule has 3 heteroatoms. The quantitative estimate of drug-likeness (QED) is 0.208. The molecule has 1 aromatic rings. The van der Waals surface area contributed by atoms with Crippen LogP contribution in [-0.4, -0.2) is 6.10 Å². The van der Waals surface area contributed by atoms with Crippen molar-refractivity contribution in [2.45, 2.75) is 125 Å². The van der Waals surface area contributed by atoms with Crippen LogP contribution >= 0.6 is 0 Å². The molecule has 3 nitrogen and oxygen atoms in total. The SMILES string of the molecule is CC(C)=CCCCC(C)C1CCC2C3CCC4C(C)(C)C(Oc5cc(N)ccc5N)CCC4(C)C3CCC12C. The van der Waals surface area contributed by atoms with Crippen molar-refractivity contribution >= 4 is 11.4 Å². The van der Waals surface area contributed by atoms with E-state index in [9.17, 15) is 0 Å². The zero-order chi connectivity index (χ0) is 28.2. The summed E-state index contributed by atoms with van der Waals surface area (Å²) in [6.45, 7) is 17.4. The first-order valence-electron chi connectivity index (χ1n) is 16.3. The number of nitrogens with two attached hydrogens (primary N) is 2. The van der Waals surface area contributed by atoms with Gasteiger partial charge >= 0.3 is 0 Å². The summed E-state index contributed by atoms with van der Waals surface area (Å²) in [5.74, 6) is 5.98. The first-order chi connectivity index (χ1) is 18.4. The summed E-state index contributed by atoms with van der Waals surface area (Å²) in [5, 5.41) is 0. The fourth-order valence-electron chi connectivity index (χ4n) is 11.1. The van der Waals surface area contributed by atoms with Crippen LogP contribution in [0.1, 0.15) is 119 Å². The van der Waals surface area contributed by atoms with Gasteiger partial charge in [-0.2, -0.15) is 0 Å². The van der Waals surface area contributed by atoms with Crippen LogP contribution in [0.15, 0.2) is 29.8 Å². The summed E-state index contributed by atoms with van der Waals surface area (Å²) < 4.78 is 6.68. The van der Waals surface area contributed by atoms with Crippen LogP contribution in [0.4, 0.5) is 11.4 Å². The summed E-state index contributed by atoms with van der Waals surface area (Å²) in [5.41, 5.74) is 16.4. The summed E-state index contributed by atoms with van der Waals surface area (Å²) >= 11 is 0.